The van der Waals surface area contributed by atoms with Gasteiger partial charge in [0, 0.05) is 44.2 Å². The molecule has 2 atom stereocenters. The molecule has 1 saturated carbocycles. The highest BCUT2D eigenvalue weighted by Gasteiger charge is 2.24. The minimum atomic E-state index is -3.16. The zero-order valence-corrected chi connectivity index (χ0v) is 16.6. The van der Waals surface area contributed by atoms with Crippen molar-refractivity contribution in [3.05, 3.63) is 0 Å². The molecule has 1 aliphatic carbocycles. The summed E-state index contributed by atoms with van der Waals surface area (Å²) in [6.45, 7) is 3.93. The van der Waals surface area contributed by atoms with Gasteiger partial charge in [0.15, 0.2) is 5.96 Å². The van der Waals surface area contributed by atoms with Crippen LogP contribution in [0.15, 0.2) is 4.99 Å². The Morgan fingerprint density at radius 1 is 1.29 bits per heavy atom. The Balaban J connectivity index is 1.75. The number of nitrogens with zero attached hydrogens (tertiary/aromatic N) is 2. The lowest BCUT2D eigenvalue weighted by atomic mass is 9.84. The Labute approximate surface area is 151 Å². The van der Waals surface area contributed by atoms with Gasteiger partial charge in [-0.15, -0.1) is 0 Å². The van der Waals surface area contributed by atoms with Gasteiger partial charge in [-0.3, -0.25) is 4.99 Å². The molecule has 0 amide bonds. The van der Waals surface area contributed by atoms with Crippen molar-refractivity contribution in [2.75, 3.05) is 43.9 Å². The highest BCUT2D eigenvalue weighted by molar-refractivity contribution is 7.99. The molecule has 8 heteroatoms. The molecule has 0 radical (unpaired) electrons. The Hall–Kier alpha value is -0.470. The lowest BCUT2D eigenvalue weighted by Gasteiger charge is -2.30. The molecule has 2 unspecified atom stereocenters. The molecule has 140 valence electrons. The van der Waals surface area contributed by atoms with Gasteiger partial charge >= 0.3 is 0 Å². The van der Waals surface area contributed by atoms with E-state index in [2.05, 4.69) is 22.5 Å². The maximum absolute atomic E-state index is 12.3. The van der Waals surface area contributed by atoms with Crippen LogP contribution in [0.2, 0.25) is 0 Å². The summed E-state index contributed by atoms with van der Waals surface area (Å²) in [7, 11) is -1.42. The van der Waals surface area contributed by atoms with Crippen molar-refractivity contribution in [2.24, 2.45) is 10.9 Å². The van der Waals surface area contributed by atoms with E-state index in [0.717, 1.165) is 23.4 Å². The van der Waals surface area contributed by atoms with Gasteiger partial charge in [-0.05, 0) is 18.8 Å². The van der Waals surface area contributed by atoms with Crippen molar-refractivity contribution in [3.63, 3.8) is 0 Å². The SMILES string of the molecule is CCC1CCCC(NC(=NC)NCCS(=O)(=O)N2CCSCC2)C1. The molecule has 0 aromatic heterocycles. The Bertz CT molecular complexity index is 504. The second-order valence-corrected chi connectivity index (χ2v) is 9.92. The number of guanidine groups is 1. The van der Waals surface area contributed by atoms with Crippen LogP contribution in [0.3, 0.4) is 0 Å². The van der Waals surface area contributed by atoms with Crippen molar-refractivity contribution in [3.8, 4) is 0 Å². The number of nitrogens with one attached hydrogen (secondary N) is 2. The van der Waals surface area contributed by atoms with Gasteiger partial charge in [-0.2, -0.15) is 11.8 Å². The van der Waals surface area contributed by atoms with Crippen LogP contribution in [-0.4, -0.2) is 68.7 Å². The van der Waals surface area contributed by atoms with Gasteiger partial charge in [-0.1, -0.05) is 26.2 Å². The summed E-state index contributed by atoms with van der Waals surface area (Å²) in [4.78, 5) is 4.25. The molecular formula is C16H32N4O2S2. The molecule has 0 aromatic rings. The fraction of sp³-hybridized carbons (Fsp3) is 0.938. The number of hydrogen-bond donors (Lipinski definition) is 2. The number of hydrogen-bond acceptors (Lipinski definition) is 4. The lowest BCUT2D eigenvalue weighted by molar-refractivity contribution is 0.298. The maximum atomic E-state index is 12.3. The van der Waals surface area contributed by atoms with Gasteiger partial charge in [0.2, 0.25) is 10.0 Å². The normalized spacial score (nSPS) is 27.0. The molecule has 2 N–H and O–H groups in total. The molecule has 24 heavy (non-hydrogen) atoms. The fourth-order valence-electron chi connectivity index (χ4n) is 3.43. The smallest absolute Gasteiger partial charge is 0.215 e. The molecule has 2 rings (SSSR count). The predicted molar refractivity (Wildman–Crippen MR) is 103 cm³/mol. The van der Waals surface area contributed by atoms with Gasteiger partial charge in [0.05, 0.1) is 5.75 Å². The van der Waals surface area contributed by atoms with Crippen LogP contribution in [0.4, 0.5) is 0 Å². The van der Waals surface area contributed by atoms with Crippen LogP contribution < -0.4 is 10.6 Å². The van der Waals surface area contributed by atoms with Crippen LogP contribution in [0.5, 0.6) is 0 Å². The van der Waals surface area contributed by atoms with E-state index in [0.29, 0.717) is 25.7 Å². The van der Waals surface area contributed by atoms with E-state index in [1.807, 2.05) is 11.8 Å². The highest BCUT2D eigenvalue weighted by Crippen LogP contribution is 2.26. The van der Waals surface area contributed by atoms with E-state index in [1.165, 1.54) is 32.1 Å². The summed E-state index contributed by atoms with van der Waals surface area (Å²) in [5, 5.41) is 6.64. The zero-order chi connectivity index (χ0) is 17.4. The van der Waals surface area contributed by atoms with Crippen LogP contribution in [-0.2, 0) is 10.0 Å². The number of sulfonamides is 1. The average molecular weight is 377 g/mol. The van der Waals surface area contributed by atoms with Crippen LogP contribution in [0.25, 0.3) is 0 Å². The standard InChI is InChI=1S/C16H32N4O2S2/c1-3-14-5-4-6-15(13-14)19-16(17-2)18-7-12-24(21,22)20-8-10-23-11-9-20/h14-15H,3-13H2,1-2H3,(H2,17,18,19). The topological polar surface area (TPSA) is 73.8 Å². The third kappa shape index (κ3) is 6.11. The minimum absolute atomic E-state index is 0.126. The molecule has 2 aliphatic rings. The summed E-state index contributed by atoms with van der Waals surface area (Å²) >= 11 is 1.82. The zero-order valence-electron chi connectivity index (χ0n) is 15.0. The van der Waals surface area contributed by atoms with Crippen LogP contribution in [0, 0.1) is 5.92 Å². The number of thioether (sulfide) groups is 1. The predicted octanol–water partition coefficient (Wildman–Crippen LogP) is 1.50. The summed E-state index contributed by atoms with van der Waals surface area (Å²) in [6.07, 6.45) is 6.17. The van der Waals surface area contributed by atoms with E-state index in [9.17, 15) is 8.42 Å². The number of aliphatic imine (C=N–C) groups is 1. The molecule has 2 fully saturated rings. The molecular weight excluding hydrogens is 344 g/mol. The fourth-order valence-corrected chi connectivity index (χ4v) is 5.92. The molecule has 6 nitrogen and oxygen atoms in total. The first-order chi connectivity index (χ1) is 11.5. The van der Waals surface area contributed by atoms with Gasteiger partial charge in [0.25, 0.3) is 0 Å². The quantitative estimate of drug-likeness (QED) is 0.543. The van der Waals surface area contributed by atoms with E-state index in [1.54, 1.807) is 11.4 Å². The van der Waals surface area contributed by atoms with E-state index >= 15 is 0 Å². The van der Waals surface area contributed by atoms with Crippen molar-refractivity contribution in [1.82, 2.24) is 14.9 Å². The molecule has 1 aliphatic heterocycles. The first-order valence-corrected chi connectivity index (χ1v) is 11.8. The second-order valence-electron chi connectivity index (χ2n) is 6.61. The monoisotopic (exact) mass is 376 g/mol. The van der Waals surface area contributed by atoms with Crippen molar-refractivity contribution < 1.29 is 8.42 Å². The third-order valence-corrected chi connectivity index (χ3v) is 7.75. The van der Waals surface area contributed by atoms with Crippen molar-refractivity contribution in [1.29, 1.82) is 0 Å². The molecule has 1 saturated heterocycles. The Kier molecular flexibility index (Phi) is 8.16. The van der Waals surface area contributed by atoms with Gasteiger partial charge in [0.1, 0.15) is 0 Å². The first-order valence-electron chi connectivity index (χ1n) is 9.08. The molecule has 0 aromatic carbocycles. The summed E-state index contributed by atoms with van der Waals surface area (Å²) in [5.41, 5.74) is 0. The number of rotatable bonds is 6. The van der Waals surface area contributed by atoms with E-state index < -0.39 is 10.0 Å². The minimum Gasteiger partial charge on any atom is -0.355 e. The van der Waals surface area contributed by atoms with Crippen LogP contribution in [0.1, 0.15) is 39.0 Å². The molecule has 0 spiro atoms. The second kappa shape index (κ2) is 9.87. The first kappa shape index (κ1) is 19.8. The van der Waals surface area contributed by atoms with E-state index in [4.69, 9.17) is 0 Å². The maximum Gasteiger partial charge on any atom is 0.215 e. The van der Waals surface area contributed by atoms with Crippen LogP contribution >= 0.6 is 11.8 Å². The molecule has 1 heterocycles. The summed E-state index contributed by atoms with van der Waals surface area (Å²) < 4.78 is 26.3. The average Bonchev–Trinajstić information content (AvgIpc) is 2.61. The Morgan fingerprint density at radius 3 is 2.71 bits per heavy atom. The molecule has 0 bridgehead atoms. The third-order valence-electron chi connectivity index (χ3n) is 4.94. The van der Waals surface area contributed by atoms with E-state index in [-0.39, 0.29) is 5.75 Å². The van der Waals surface area contributed by atoms with Gasteiger partial charge in [-0.25, -0.2) is 12.7 Å². The van der Waals surface area contributed by atoms with Gasteiger partial charge < -0.3 is 10.6 Å². The summed E-state index contributed by atoms with van der Waals surface area (Å²) in [5.74, 6) is 3.44. The van der Waals surface area contributed by atoms with Crippen molar-refractivity contribution in [2.45, 2.75) is 45.1 Å². The largest absolute Gasteiger partial charge is 0.355 e. The van der Waals surface area contributed by atoms with Crippen molar-refractivity contribution >= 4 is 27.7 Å². The summed E-state index contributed by atoms with van der Waals surface area (Å²) in [6, 6.07) is 0.450. The Morgan fingerprint density at radius 2 is 2.04 bits per heavy atom. The lowest BCUT2D eigenvalue weighted by Crippen LogP contribution is -2.47. The highest BCUT2D eigenvalue weighted by atomic mass is 32.2.